The summed E-state index contributed by atoms with van der Waals surface area (Å²) in [5.74, 6) is -0.0385. The Hall–Kier alpha value is -3.52. The second kappa shape index (κ2) is 7.61. The van der Waals surface area contributed by atoms with Crippen LogP contribution in [-0.4, -0.2) is 26.3 Å². The molecule has 28 heavy (non-hydrogen) atoms. The molecule has 2 N–H and O–H groups in total. The molecule has 0 saturated carbocycles. The summed E-state index contributed by atoms with van der Waals surface area (Å²) in [5.41, 5.74) is 7.00. The molecular weight excluding hydrogens is 374 g/mol. The minimum Gasteiger partial charge on any atom is -0.324 e. The molecule has 3 aromatic heterocycles. The monoisotopic (exact) mass is 391 g/mol. The maximum Gasteiger partial charge on any atom is 0.288 e. The molecule has 4 aromatic rings. The van der Waals surface area contributed by atoms with Crippen molar-refractivity contribution < 1.29 is 9.59 Å². The largest absolute Gasteiger partial charge is 0.324 e. The van der Waals surface area contributed by atoms with Crippen LogP contribution >= 0.6 is 11.3 Å². The third-order valence-electron chi connectivity index (χ3n) is 4.21. The molecule has 0 unspecified atom stereocenters. The smallest absolute Gasteiger partial charge is 0.288 e. The van der Waals surface area contributed by atoms with Crippen LogP contribution in [0, 0.1) is 0 Å². The van der Waals surface area contributed by atoms with Crippen LogP contribution in [0.4, 0.5) is 0 Å². The van der Waals surface area contributed by atoms with Crippen LogP contribution in [0.3, 0.4) is 0 Å². The summed E-state index contributed by atoms with van der Waals surface area (Å²) < 4.78 is 2.12. The van der Waals surface area contributed by atoms with E-state index in [4.69, 9.17) is 4.98 Å². The van der Waals surface area contributed by atoms with Gasteiger partial charge in [-0.15, -0.1) is 11.3 Å². The summed E-state index contributed by atoms with van der Waals surface area (Å²) in [6, 6.07) is 16.5. The first kappa shape index (κ1) is 17.9. The van der Waals surface area contributed by atoms with Crippen molar-refractivity contribution in [3.05, 3.63) is 71.4 Å². The molecule has 7 nitrogen and oxygen atoms in total. The van der Waals surface area contributed by atoms with E-state index in [1.807, 2.05) is 30.3 Å². The highest BCUT2D eigenvalue weighted by molar-refractivity contribution is 7.17. The van der Waals surface area contributed by atoms with Crippen molar-refractivity contribution in [3.8, 4) is 10.7 Å². The highest BCUT2D eigenvalue weighted by Gasteiger charge is 2.16. The maximum atomic E-state index is 12.4. The lowest BCUT2D eigenvalue weighted by atomic mass is 10.3. The van der Waals surface area contributed by atoms with E-state index in [0.29, 0.717) is 4.88 Å². The number of thiophene rings is 1. The molecule has 0 aliphatic heterocycles. The topological polar surface area (TPSA) is 88.9 Å². The summed E-state index contributed by atoms with van der Waals surface area (Å²) in [4.78, 5) is 34.4. The zero-order chi connectivity index (χ0) is 19.5. The lowest BCUT2D eigenvalue weighted by Gasteiger charge is -2.05. The first-order valence-electron chi connectivity index (χ1n) is 8.74. The van der Waals surface area contributed by atoms with Gasteiger partial charge in [0.1, 0.15) is 5.69 Å². The van der Waals surface area contributed by atoms with Gasteiger partial charge >= 0.3 is 0 Å². The second-order valence-electron chi connectivity index (χ2n) is 5.96. The van der Waals surface area contributed by atoms with Gasteiger partial charge in [-0.05, 0) is 43.3 Å². The lowest BCUT2D eigenvalue weighted by molar-refractivity contribution is 0.0846. The van der Waals surface area contributed by atoms with Gasteiger partial charge in [-0.25, -0.2) is 4.98 Å². The summed E-state index contributed by atoms with van der Waals surface area (Å²) in [6.07, 6.45) is 1.52. The standard InChI is InChI=1S/C20H17N5O2S/c1-2-25-15-9-4-3-7-13(15)22-18(25)16-10-11-17(28-16)20(27)24-23-19(26)14-8-5-6-12-21-14/h3-12H,2H2,1H3,(H,23,26)(H,24,27). The number of carbonyl (C=O) groups excluding carboxylic acids is 2. The van der Waals surface area contributed by atoms with E-state index in [2.05, 4.69) is 27.3 Å². The highest BCUT2D eigenvalue weighted by atomic mass is 32.1. The van der Waals surface area contributed by atoms with Gasteiger partial charge in [0.05, 0.1) is 20.8 Å². The van der Waals surface area contributed by atoms with Crippen molar-refractivity contribution in [3.63, 3.8) is 0 Å². The molecular formula is C20H17N5O2S. The van der Waals surface area contributed by atoms with Gasteiger partial charge in [-0.1, -0.05) is 18.2 Å². The number of para-hydroxylation sites is 2. The maximum absolute atomic E-state index is 12.4. The fourth-order valence-electron chi connectivity index (χ4n) is 2.90. The fraction of sp³-hybridized carbons (Fsp3) is 0.100. The molecule has 0 fully saturated rings. The van der Waals surface area contributed by atoms with Gasteiger partial charge in [0, 0.05) is 12.7 Å². The first-order valence-corrected chi connectivity index (χ1v) is 9.56. The molecule has 0 spiro atoms. The summed E-state index contributed by atoms with van der Waals surface area (Å²) in [7, 11) is 0. The van der Waals surface area contributed by atoms with E-state index in [9.17, 15) is 9.59 Å². The molecule has 3 heterocycles. The number of hydrogen-bond acceptors (Lipinski definition) is 5. The molecule has 0 bridgehead atoms. The van der Waals surface area contributed by atoms with Crippen LogP contribution < -0.4 is 10.9 Å². The predicted octanol–water partition coefficient (Wildman–Crippen LogP) is 3.25. The Bertz CT molecular complexity index is 1150. The van der Waals surface area contributed by atoms with Crippen LogP contribution in [0.25, 0.3) is 21.7 Å². The molecule has 0 saturated heterocycles. The minimum atomic E-state index is -0.474. The molecule has 8 heteroatoms. The van der Waals surface area contributed by atoms with E-state index >= 15 is 0 Å². The highest BCUT2D eigenvalue weighted by Crippen LogP contribution is 2.30. The van der Waals surface area contributed by atoms with Crippen molar-refractivity contribution in [1.29, 1.82) is 0 Å². The number of pyridine rings is 1. The Balaban J connectivity index is 1.51. The molecule has 0 radical (unpaired) electrons. The van der Waals surface area contributed by atoms with Crippen molar-refractivity contribution in [2.45, 2.75) is 13.5 Å². The van der Waals surface area contributed by atoms with Crippen LogP contribution in [0.5, 0.6) is 0 Å². The number of nitrogens with zero attached hydrogens (tertiary/aromatic N) is 3. The normalized spacial score (nSPS) is 10.8. The summed E-state index contributed by atoms with van der Waals surface area (Å²) in [5, 5.41) is 0. The van der Waals surface area contributed by atoms with Gasteiger partial charge in [-0.3, -0.25) is 25.4 Å². The predicted molar refractivity (Wildman–Crippen MR) is 108 cm³/mol. The number of hydrazine groups is 1. The second-order valence-corrected chi connectivity index (χ2v) is 7.04. The van der Waals surface area contributed by atoms with Crippen molar-refractivity contribution in [2.24, 2.45) is 0 Å². The fourth-order valence-corrected chi connectivity index (χ4v) is 3.80. The van der Waals surface area contributed by atoms with Crippen LogP contribution in [0.1, 0.15) is 27.1 Å². The van der Waals surface area contributed by atoms with Crippen molar-refractivity contribution in [2.75, 3.05) is 0 Å². The molecule has 140 valence electrons. The number of imidazole rings is 1. The van der Waals surface area contributed by atoms with Crippen molar-refractivity contribution >= 4 is 34.2 Å². The molecule has 1 aromatic carbocycles. The number of rotatable bonds is 4. The Morgan fingerprint density at radius 1 is 1.00 bits per heavy atom. The lowest BCUT2D eigenvalue weighted by Crippen LogP contribution is -2.41. The van der Waals surface area contributed by atoms with Crippen LogP contribution in [-0.2, 0) is 6.54 Å². The van der Waals surface area contributed by atoms with E-state index in [-0.39, 0.29) is 11.6 Å². The Kier molecular flexibility index (Phi) is 4.86. The first-order chi connectivity index (χ1) is 13.7. The third kappa shape index (κ3) is 3.37. The average molecular weight is 391 g/mol. The number of amides is 2. The number of carbonyl (C=O) groups is 2. The molecule has 2 amide bonds. The third-order valence-corrected chi connectivity index (χ3v) is 5.29. The van der Waals surface area contributed by atoms with E-state index in [1.54, 1.807) is 24.3 Å². The SMILES string of the molecule is CCn1c(-c2ccc(C(=O)NNC(=O)c3ccccn3)s2)nc2ccccc21. The van der Waals surface area contributed by atoms with E-state index in [1.165, 1.54) is 17.5 Å². The Morgan fingerprint density at radius 3 is 2.57 bits per heavy atom. The number of fused-ring (bicyclic) bond motifs is 1. The zero-order valence-corrected chi connectivity index (χ0v) is 15.9. The van der Waals surface area contributed by atoms with Gasteiger partial charge in [0.15, 0.2) is 5.82 Å². The van der Waals surface area contributed by atoms with E-state index in [0.717, 1.165) is 28.3 Å². The van der Waals surface area contributed by atoms with Gasteiger partial charge in [-0.2, -0.15) is 0 Å². The minimum absolute atomic E-state index is 0.228. The molecule has 4 rings (SSSR count). The number of aromatic nitrogens is 3. The van der Waals surface area contributed by atoms with Crippen LogP contribution in [0.2, 0.25) is 0 Å². The Morgan fingerprint density at radius 2 is 1.79 bits per heavy atom. The zero-order valence-electron chi connectivity index (χ0n) is 15.0. The number of benzene rings is 1. The van der Waals surface area contributed by atoms with Crippen molar-refractivity contribution in [1.82, 2.24) is 25.4 Å². The van der Waals surface area contributed by atoms with E-state index < -0.39 is 5.91 Å². The average Bonchev–Trinajstić information content (AvgIpc) is 3.36. The van der Waals surface area contributed by atoms with Gasteiger partial charge in [0.2, 0.25) is 0 Å². The Labute approximate surface area is 165 Å². The molecule has 0 aliphatic carbocycles. The quantitative estimate of drug-likeness (QED) is 0.523. The molecule has 0 aliphatic rings. The number of nitrogens with one attached hydrogen (secondary N) is 2. The number of aryl methyl sites for hydroxylation is 1. The van der Waals surface area contributed by atoms with Gasteiger partial charge in [0.25, 0.3) is 11.8 Å². The van der Waals surface area contributed by atoms with Crippen LogP contribution in [0.15, 0.2) is 60.8 Å². The van der Waals surface area contributed by atoms with Gasteiger partial charge < -0.3 is 4.57 Å². The number of hydrogen-bond donors (Lipinski definition) is 2. The summed E-state index contributed by atoms with van der Waals surface area (Å²) in [6.45, 7) is 2.83. The summed E-state index contributed by atoms with van der Waals surface area (Å²) >= 11 is 1.32. The molecule has 0 atom stereocenters.